The fourth-order valence-electron chi connectivity index (χ4n) is 6.21. The maximum Gasteiger partial charge on any atom is 0.271 e. The lowest BCUT2D eigenvalue weighted by Crippen LogP contribution is -2.64. The number of aromatic nitrogens is 1. The topological polar surface area (TPSA) is 54.3 Å². The average molecular weight is 526 g/mol. The number of benzene rings is 3. The van der Waals surface area contributed by atoms with Gasteiger partial charge in [0, 0.05) is 28.5 Å². The van der Waals surface area contributed by atoms with Crippen molar-refractivity contribution in [2.45, 2.75) is 56.7 Å². The lowest BCUT2D eigenvalue weighted by Gasteiger charge is -2.47. The van der Waals surface area contributed by atoms with Crippen molar-refractivity contribution in [2.75, 3.05) is 6.54 Å². The van der Waals surface area contributed by atoms with Crippen LogP contribution >= 0.6 is 11.6 Å². The quantitative estimate of drug-likeness (QED) is 0.319. The highest BCUT2D eigenvalue weighted by Gasteiger charge is 2.52. The molecular weight excluding hydrogens is 494 g/mol. The van der Waals surface area contributed by atoms with Gasteiger partial charge >= 0.3 is 0 Å². The molecule has 194 valence electrons. The molecule has 4 aromatic rings. The minimum Gasteiger partial charge on any atom is -0.351 e. The van der Waals surface area contributed by atoms with E-state index in [9.17, 15) is 9.59 Å². The maximum absolute atomic E-state index is 14.5. The molecule has 1 aliphatic heterocycles. The Labute approximate surface area is 228 Å². The number of hydrogen-bond acceptors (Lipinski definition) is 2. The standard InChI is InChI=1S/C32H32ClN3O2/c33-26-17-15-23(16-18-26)19-20-36-30(37)29-21-24-9-7-8-14-28(24)35(29)22-32(36,25-10-3-1-4-11-25)31(38)34-27-12-5-2-6-13-27/h1,3-4,7-11,14-18,21,27H,2,5-6,12-13,19-20,22H2,(H,34,38)/t32-/m0/s1. The van der Waals surface area contributed by atoms with Crippen LogP contribution in [0, 0.1) is 0 Å². The smallest absolute Gasteiger partial charge is 0.271 e. The highest BCUT2D eigenvalue weighted by atomic mass is 35.5. The molecule has 5 nitrogen and oxygen atoms in total. The van der Waals surface area contributed by atoms with Gasteiger partial charge in [0.25, 0.3) is 11.8 Å². The molecule has 1 atom stereocenters. The second-order valence-corrected chi connectivity index (χ2v) is 11.0. The van der Waals surface area contributed by atoms with E-state index in [1.165, 1.54) is 6.42 Å². The summed E-state index contributed by atoms with van der Waals surface area (Å²) in [6.45, 7) is 0.778. The fourth-order valence-corrected chi connectivity index (χ4v) is 6.33. The highest BCUT2D eigenvalue weighted by Crippen LogP contribution is 2.40. The summed E-state index contributed by atoms with van der Waals surface area (Å²) >= 11 is 6.12. The van der Waals surface area contributed by atoms with Crippen molar-refractivity contribution in [3.63, 3.8) is 0 Å². The summed E-state index contributed by atoms with van der Waals surface area (Å²) in [5.74, 6) is -0.215. The zero-order valence-corrected chi connectivity index (χ0v) is 22.2. The summed E-state index contributed by atoms with van der Waals surface area (Å²) in [5, 5.41) is 5.07. The SMILES string of the molecule is O=C1c2cc3ccccc3n2C[C@@](C(=O)NC2CCCCC2)(c2ccccc2)N1CCc1ccc(Cl)cc1. The molecule has 38 heavy (non-hydrogen) atoms. The van der Waals surface area contributed by atoms with E-state index in [-0.39, 0.29) is 17.9 Å². The number of nitrogens with zero attached hydrogens (tertiary/aromatic N) is 2. The average Bonchev–Trinajstić information content (AvgIpc) is 3.33. The van der Waals surface area contributed by atoms with Gasteiger partial charge in [0.15, 0.2) is 5.54 Å². The molecular formula is C32H32ClN3O2. The molecule has 0 saturated heterocycles. The van der Waals surface area contributed by atoms with Crippen LogP contribution in [0.1, 0.15) is 53.7 Å². The maximum atomic E-state index is 14.5. The molecule has 1 N–H and O–H groups in total. The Morgan fingerprint density at radius 2 is 1.63 bits per heavy atom. The summed E-state index contributed by atoms with van der Waals surface area (Å²) in [5.41, 5.74) is 2.33. The van der Waals surface area contributed by atoms with Crippen molar-refractivity contribution in [1.82, 2.24) is 14.8 Å². The number of amides is 2. The summed E-state index contributed by atoms with van der Waals surface area (Å²) in [6, 6.07) is 27.7. The molecule has 2 heterocycles. The van der Waals surface area contributed by atoms with E-state index in [0.29, 0.717) is 30.2 Å². The van der Waals surface area contributed by atoms with E-state index in [2.05, 4.69) is 5.32 Å². The number of hydrogen-bond donors (Lipinski definition) is 1. The first-order valence-corrected chi connectivity index (χ1v) is 14.0. The van der Waals surface area contributed by atoms with Gasteiger partial charge in [-0.3, -0.25) is 9.59 Å². The molecule has 1 aromatic heterocycles. The molecule has 0 bridgehead atoms. The Morgan fingerprint density at radius 3 is 2.39 bits per heavy atom. The predicted octanol–water partition coefficient (Wildman–Crippen LogP) is 6.34. The Hall–Kier alpha value is -3.57. The zero-order chi connectivity index (χ0) is 26.1. The first kappa shape index (κ1) is 24.7. The van der Waals surface area contributed by atoms with Crippen LogP contribution in [0.4, 0.5) is 0 Å². The lowest BCUT2D eigenvalue weighted by atomic mass is 9.83. The molecule has 0 unspecified atom stereocenters. The Balaban J connectivity index is 1.48. The van der Waals surface area contributed by atoms with E-state index in [0.717, 1.165) is 47.7 Å². The van der Waals surface area contributed by atoms with Gasteiger partial charge in [0.1, 0.15) is 5.69 Å². The van der Waals surface area contributed by atoms with Crippen LogP contribution in [0.2, 0.25) is 5.02 Å². The summed E-state index contributed by atoms with van der Waals surface area (Å²) in [7, 11) is 0. The van der Waals surface area contributed by atoms with Gasteiger partial charge in [0.2, 0.25) is 0 Å². The van der Waals surface area contributed by atoms with E-state index in [1.54, 1.807) is 0 Å². The molecule has 6 rings (SSSR count). The summed E-state index contributed by atoms with van der Waals surface area (Å²) < 4.78 is 2.05. The Morgan fingerprint density at radius 1 is 0.921 bits per heavy atom. The van der Waals surface area contributed by atoms with Gasteiger partial charge in [0.05, 0.1) is 6.54 Å². The predicted molar refractivity (Wildman–Crippen MR) is 151 cm³/mol. The molecule has 1 aliphatic carbocycles. The fraction of sp³-hybridized carbons (Fsp3) is 0.312. The largest absolute Gasteiger partial charge is 0.351 e. The van der Waals surface area contributed by atoms with Crippen molar-refractivity contribution >= 4 is 34.3 Å². The van der Waals surface area contributed by atoms with Crippen molar-refractivity contribution in [2.24, 2.45) is 0 Å². The minimum atomic E-state index is -1.17. The number of rotatable bonds is 6. The van der Waals surface area contributed by atoms with Crippen LogP contribution in [0.5, 0.6) is 0 Å². The third kappa shape index (κ3) is 4.39. The molecule has 2 amide bonds. The van der Waals surface area contributed by atoms with Crippen LogP contribution in [-0.2, 0) is 23.3 Å². The Kier molecular flexibility index (Phi) is 6.71. The molecule has 0 radical (unpaired) electrons. The van der Waals surface area contributed by atoms with Crippen molar-refractivity contribution in [3.05, 3.63) is 107 Å². The second kappa shape index (κ2) is 10.3. The van der Waals surface area contributed by atoms with Crippen molar-refractivity contribution in [1.29, 1.82) is 0 Å². The number of para-hydroxylation sites is 1. The molecule has 0 spiro atoms. The van der Waals surface area contributed by atoms with Crippen LogP contribution in [0.25, 0.3) is 10.9 Å². The lowest BCUT2D eigenvalue weighted by molar-refractivity contribution is -0.135. The van der Waals surface area contributed by atoms with Crippen molar-refractivity contribution in [3.8, 4) is 0 Å². The van der Waals surface area contributed by atoms with E-state index < -0.39 is 5.54 Å². The van der Waals surface area contributed by atoms with Gasteiger partial charge in [-0.1, -0.05) is 91.5 Å². The Bertz CT molecular complexity index is 1460. The molecule has 3 aromatic carbocycles. The summed E-state index contributed by atoms with van der Waals surface area (Å²) in [6.07, 6.45) is 6.03. The van der Waals surface area contributed by atoms with Crippen LogP contribution in [0.3, 0.4) is 0 Å². The number of halogens is 1. The van der Waals surface area contributed by atoms with E-state index in [4.69, 9.17) is 11.6 Å². The molecule has 6 heteroatoms. The second-order valence-electron chi connectivity index (χ2n) is 10.5. The molecule has 1 saturated carbocycles. The first-order valence-electron chi connectivity index (χ1n) is 13.6. The van der Waals surface area contributed by atoms with Gasteiger partial charge in [-0.15, -0.1) is 0 Å². The van der Waals surface area contributed by atoms with Crippen LogP contribution in [-0.4, -0.2) is 33.9 Å². The van der Waals surface area contributed by atoms with Gasteiger partial charge in [-0.2, -0.15) is 0 Å². The monoisotopic (exact) mass is 525 g/mol. The molecule has 1 fully saturated rings. The number of nitrogens with one attached hydrogen (secondary N) is 1. The van der Waals surface area contributed by atoms with Gasteiger partial charge in [-0.25, -0.2) is 0 Å². The number of fused-ring (bicyclic) bond motifs is 3. The number of carbonyl (C=O) groups is 2. The van der Waals surface area contributed by atoms with Crippen LogP contribution < -0.4 is 5.32 Å². The summed E-state index contributed by atoms with van der Waals surface area (Å²) in [4.78, 5) is 30.7. The zero-order valence-electron chi connectivity index (χ0n) is 21.4. The first-order chi connectivity index (χ1) is 18.6. The van der Waals surface area contributed by atoms with Gasteiger partial charge < -0.3 is 14.8 Å². The third-order valence-electron chi connectivity index (χ3n) is 8.23. The highest BCUT2D eigenvalue weighted by molar-refractivity contribution is 6.30. The van der Waals surface area contributed by atoms with Crippen molar-refractivity contribution < 1.29 is 9.59 Å². The normalized spacial score (nSPS) is 19.9. The van der Waals surface area contributed by atoms with E-state index in [1.807, 2.05) is 94.4 Å². The third-order valence-corrected chi connectivity index (χ3v) is 8.48. The minimum absolute atomic E-state index is 0.0940. The van der Waals surface area contributed by atoms with Gasteiger partial charge in [-0.05, 0) is 54.7 Å². The van der Waals surface area contributed by atoms with Crippen LogP contribution in [0.15, 0.2) is 84.9 Å². The number of carbonyl (C=O) groups excluding carboxylic acids is 2. The van der Waals surface area contributed by atoms with E-state index >= 15 is 0 Å². The molecule has 2 aliphatic rings.